The van der Waals surface area contributed by atoms with Crippen LogP contribution in [0.3, 0.4) is 0 Å². The minimum atomic E-state index is -0.820. The molecule has 0 radical (unpaired) electrons. The molecule has 1 heterocycles. The standard InChI is InChI=1S/C14H23N3O3/c1-6-20-13(19)11(14(2,3)4)12(18)15-7-10-8-16-17(5)9-10/h8-9,11H,6-7H2,1-5H3,(H,15,18). The maximum absolute atomic E-state index is 12.2. The molecule has 6 nitrogen and oxygen atoms in total. The van der Waals surface area contributed by atoms with E-state index in [-0.39, 0.29) is 12.5 Å². The summed E-state index contributed by atoms with van der Waals surface area (Å²) in [4.78, 5) is 24.2. The molecule has 1 N–H and O–H groups in total. The number of rotatable bonds is 5. The number of ether oxygens (including phenoxy) is 1. The highest BCUT2D eigenvalue weighted by Crippen LogP contribution is 2.27. The van der Waals surface area contributed by atoms with Crippen LogP contribution in [0.4, 0.5) is 0 Å². The van der Waals surface area contributed by atoms with E-state index in [1.807, 2.05) is 34.0 Å². The number of aryl methyl sites for hydroxylation is 1. The van der Waals surface area contributed by atoms with E-state index in [0.717, 1.165) is 5.56 Å². The number of carbonyl (C=O) groups is 2. The van der Waals surface area contributed by atoms with Crippen molar-refractivity contribution in [2.24, 2.45) is 18.4 Å². The van der Waals surface area contributed by atoms with Crippen molar-refractivity contribution in [3.63, 3.8) is 0 Å². The predicted molar refractivity (Wildman–Crippen MR) is 74.6 cm³/mol. The van der Waals surface area contributed by atoms with Crippen molar-refractivity contribution >= 4 is 11.9 Å². The maximum Gasteiger partial charge on any atom is 0.319 e. The first kappa shape index (κ1) is 16.2. The molecule has 1 rings (SSSR count). The highest BCUT2D eigenvalue weighted by atomic mass is 16.5. The molecule has 6 heteroatoms. The molecule has 1 aromatic rings. The number of aromatic nitrogens is 2. The fourth-order valence-corrected chi connectivity index (χ4v) is 1.93. The Kier molecular flexibility index (Phi) is 5.30. The SMILES string of the molecule is CCOC(=O)C(C(=O)NCc1cnn(C)c1)C(C)(C)C. The van der Waals surface area contributed by atoms with E-state index in [1.165, 1.54) is 0 Å². The molecule has 0 spiro atoms. The van der Waals surface area contributed by atoms with Crippen LogP contribution in [-0.2, 0) is 27.9 Å². The summed E-state index contributed by atoms with van der Waals surface area (Å²) in [7, 11) is 1.81. The number of hydrogen-bond donors (Lipinski definition) is 1. The lowest BCUT2D eigenvalue weighted by atomic mass is 9.80. The number of nitrogens with zero attached hydrogens (tertiary/aromatic N) is 2. The zero-order chi connectivity index (χ0) is 15.3. The van der Waals surface area contributed by atoms with Crippen LogP contribution in [0.5, 0.6) is 0 Å². The molecule has 112 valence electrons. The van der Waals surface area contributed by atoms with E-state index in [2.05, 4.69) is 10.4 Å². The van der Waals surface area contributed by atoms with E-state index in [9.17, 15) is 9.59 Å². The number of amides is 1. The van der Waals surface area contributed by atoms with Gasteiger partial charge in [-0.15, -0.1) is 0 Å². The molecule has 0 aliphatic rings. The summed E-state index contributed by atoms with van der Waals surface area (Å²) in [6.07, 6.45) is 3.49. The van der Waals surface area contributed by atoms with Crippen LogP contribution < -0.4 is 5.32 Å². The van der Waals surface area contributed by atoms with Crippen molar-refractivity contribution in [3.05, 3.63) is 18.0 Å². The molecule has 0 saturated carbocycles. The van der Waals surface area contributed by atoms with Crippen LogP contribution in [0.1, 0.15) is 33.3 Å². The van der Waals surface area contributed by atoms with Gasteiger partial charge in [-0.25, -0.2) is 0 Å². The van der Waals surface area contributed by atoms with Crippen LogP contribution in [0.2, 0.25) is 0 Å². The minimum Gasteiger partial charge on any atom is -0.465 e. The fraction of sp³-hybridized carbons (Fsp3) is 0.643. The van der Waals surface area contributed by atoms with Gasteiger partial charge >= 0.3 is 5.97 Å². The Morgan fingerprint density at radius 1 is 1.45 bits per heavy atom. The van der Waals surface area contributed by atoms with E-state index in [4.69, 9.17) is 4.74 Å². The number of nitrogens with one attached hydrogen (secondary N) is 1. The Balaban J connectivity index is 2.71. The first-order valence-electron chi connectivity index (χ1n) is 6.67. The Hall–Kier alpha value is -1.85. The van der Waals surface area contributed by atoms with Gasteiger partial charge in [0, 0.05) is 25.4 Å². The largest absolute Gasteiger partial charge is 0.465 e. The zero-order valence-electron chi connectivity index (χ0n) is 12.8. The number of hydrogen-bond acceptors (Lipinski definition) is 4. The molecule has 0 saturated heterocycles. The lowest BCUT2D eigenvalue weighted by Crippen LogP contribution is -2.43. The number of carbonyl (C=O) groups excluding carboxylic acids is 2. The Labute approximate surface area is 119 Å². The van der Waals surface area contributed by atoms with Gasteiger partial charge in [-0.05, 0) is 12.3 Å². The topological polar surface area (TPSA) is 73.2 Å². The van der Waals surface area contributed by atoms with E-state index < -0.39 is 17.3 Å². The average Bonchev–Trinajstić information content (AvgIpc) is 2.71. The Morgan fingerprint density at radius 2 is 2.10 bits per heavy atom. The molecule has 0 bridgehead atoms. The van der Waals surface area contributed by atoms with Crippen molar-refractivity contribution in [1.29, 1.82) is 0 Å². The molecule has 1 amide bonds. The molecule has 0 fully saturated rings. The normalized spacial score (nSPS) is 12.8. The van der Waals surface area contributed by atoms with Crippen LogP contribution in [0, 0.1) is 11.3 Å². The number of esters is 1. The predicted octanol–water partition coefficient (Wildman–Crippen LogP) is 1.26. The fourth-order valence-electron chi connectivity index (χ4n) is 1.93. The quantitative estimate of drug-likeness (QED) is 0.651. The Morgan fingerprint density at radius 3 is 2.55 bits per heavy atom. The molecular weight excluding hydrogens is 258 g/mol. The summed E-state index contributed by atoms with van der Waals surface area (Å²) in [5, 5.41) is 6.79. The average molecular weight is 281 g/mol. The summed E-state index contributed by atoms with van der Waals surface area (Å²) >= 11 is 0. The Bertz CT molecular complexity index is 474. The molecule has 20 heavy (non-hydrogen) atoms. The third-order valence-electron chi connectivity index (χ3n) is 2.88. The van der Waals surface area contributed by atoms with Gasteiger partial charge in [-0.1, -0.05) is 20.8 Å². The van der Waals surface area contributed by atoms with E-state index >= 15 is 0 Å². The molecule has 0 aliphatic heterocycles. The first-order chi connectivity index (χ1) is 9.25. The zero-order valence-corrected chi connectivity index (χ0v) is 12.8. The first-order valence-corrected chi connectivity index (χ1v) is 6.67. The molecular formula is C14H23N3O3. The van der Waals surface area contributed by atoms with Gasteiger partial charge in [0.2, 0.25) is 5.91 Å². The lowest BCUT2D eigenvalue weighted by Gasteiger charge is -2.27. The summed E-state index contributed by atoms with van der Waals surface area (Å²) in [5.74, 6) is -1.62. The van der Waals surface area contributed by atoms with Crippen LogP contribution in [0.25, 0.3) is 0 Å². The van der Waals surface area contributed by atoms with Gasteiger partial charge in [-0.2, -0.15) is 5.10 Å². The molecule has 0 aromatic carbocycles. The molecule has 0 aliphatic carbocycles. The summed E-state index contributed by atoms with van der Waals surface area (Å²) in [5.41, 5.74) is 0.392. The van der Waals surface area contributed by atoms with Gasteiger partial charge in [0.05, 0.1) is 12.8 Å². The smallest absolute Gasteiger partial charge is 0.319 e. The highest BCUT2D eigenvalue weighted by Gasteiger charge is 2.38. The third kappa shape index (κ3) is 4.36. The molecule has 1 atom stereocenters. The van der Waals surface area contributed by atoms with E-state index in [1.54, 1.807) is 17.8 Å². The van der Waals surface area contributed by atoms with Gasteiger partial charge in [-0.3, -0.25) is 14.3 Å². The summed E-state index contributed by atoms with van der Waals surface area (Å²) < 4.78 is 6.65. The van der Waals surface area contributed by atoms with Crippen LogP contribution in [0.15, 0.2) is 12.4 Å². The van der Waals surface area contributed by atoms with Crippen molar-refractivity contribution in [2.75, 3.05) is 6.61 Å². The third-order valence-corrected chi connectivity index (χ3v) is 2.88. The van der Waals surface area contributed by atoms with E-state index in [0.29, 0.717) is 6.54 Å². The summed E-state index contributed by atoms with van der Waals surface area (Å²) in [6.45, 7) is 7.87. The lowest BCUT2D eigenvalue weighted by molar-refractivity contribution is -0.156. The highest BCUT2D eigenvalue weighted by molar-refractivity contribution is 5.98. The van der Waals surface area contributed by atoms with Crippen LogP contribution >= 0.6 is 0 Å². The van der Waals surface area contributed by atoms with Crippen molar-refractivity contribution in [1.82, 2.24) is 15.1 Å². The van der Waals surface area contributed by atoms with Gasteiger partial charge in [0.15, 0.2) is 0 Å². The van der Waals surface area contributed by atoms with Gasteiger partial charge in [0.25, 0.3) is 0 Å². The second kappa shape index (κ2) is 6.54. The van der Waals surface area contributed by atoms with Crippen molar-refractivity contribution in [3.8, 4) is 0 Å². The second-order valence-corrected chi connectivity index (χ2v) is 5.79. The monoisotopic (exact) mass is 281 g/mol. The minimum absolute atomic E-state index is 0.265. The van der Waals surface area contributed by atoms with Crippen molar-refractivity contribution < 1.29 is 14.3 Å². The van der Waals surface area contributed by atoms with Gasteiger partial charge < -0.3 is 10.1 Å². The molecule has 1 aromatic heterocycles. The maximum atomic E-state index is 12.2. The van der Waals surface area contributed by atoms with Gasteiger partial charge in [0.1, 0.15) is 5.92 Å². The summed E-state index contributed by atoms with van der Waals surface area (Å²) in [6, 6.07) is 0. The second-order valence-electron chi connectivity index (χ2n) is 5.79. The van der Waals surface area contributed by atoms with Crippen molar-refractivity contribution in [2.45, 2.75) is 34.2 Å². The van der Waals surface area contributed by atoms with Crippen LogP contribution in [-0.4, -0.2) is 28.3 Å². The molecule has 1 unspecified atom stereocenters.